The zero-order valence-electron chi connectivity index (χ0n) is 10.2. The minimum Gasteiger partial charge on any atom is -0.478 e. The molecule has 20 heavy (non-hydrogen) atoms. The predicted molar refractivity (Wildman–Crippen MR) is 72.3 cm³/mol. The Balaban J connectivity index is -0.000000722. The van der Waals surface area contributed by atoms with Gasteiger partial charge in [0.25, 0.3) is 0 Å². The smallest absolute Gasteiger partial charge is 0.335 e. The molecule has 112 valence electrons. The van der Waals surface area contributed by atoms with Gasteiger partial charge in [0, 0.05) is 0 Å². The number of hydrogen-bond donors (Lipinski definition) is 2. The summed E-state index contributed by atoms with van der Waals surface area (Å²) >= 11 is 0. The molecular formula is C12H16O8. The highest BCUT2D eigenvalue weighted by Gasteiger charge is 2.06. The van der Waals surface area contributed by atoms with E-state index in [-0.39, 0.29) is 33.0 Å². The van der Waals surface area contributed by atoms with Crippen molar-refractivity contribution in [3.63, 3.8) is 0 Å². The Morgan fingerprint density at radius 1 is 0.650 bits per heavy atom. The zero-order valence-corrected chi connectivity index (χ0v) is 10.2. The second kappa shape index (κ2) is 8.56. The van der Waals surface area contributed by atoms with Crippen LogP contribution >= 0.6 is 0 Å². The van der Waals surface area contributed by atoms with Crippen LogP contribution < -0.4 is 0 Å². The molecule has 0 aromatic heterocycles. The van der Waals surface area contributed by atoms with Gasteiger partial charge >= 0.3 is 11.9 Å². The van der Waals surface area contributed by atoms with Crippen LogP contribution in [0.1, 0.15) is 20.7 Å². The number of fused-ring (bicyclic) bond motifs is 1. The lowest BCUT2D eigenvalue weighted by Crippen LogP contribution is -1.97. The molecule has 8 heteroatoms. The van der Waals surface area contributed by atoms with E-state index in [1.54, 1.807) is 12.1 Å². The highest BCUT2D eigenvalue weighted by Crippen LogP contribution is 2.18. The molecule has 0 atom stereocenters. The second-order valence-electron chi connectivity index (χ2n) is 3.39. The van der Waals surface area contributed by atoms with E-state index < -0.39 is 11.9 Å². The van der Waals surface area contributed by atoms with Crippen molar-refractivity contribution in [3.05, 3.63) is 47.5 Å². The van der Waals surface area contributed by atoms with Crippen LogP contribution in [0.2, 0.25) is 0 Å². The van der Waals surface area contributed by atoms with Crippen molar-refractivity contribution in [1.82, 2.24) is 0 Å². The Labute approximate surface area is 113 Å². The quantitative estimate of drug-likeness (QED) is 0.708. The van der Waals surface area contributed by atoms with Gasteiger partial charge in [-0.15, -0.1) is 0 Å². The summed E-state index contributed by atoms with van der Waals surface area (Å²) in [5, 5.41) is 19.0. The van der Waals surface area contributed by atoms with E-state index in [1.807, 2.05) is 0 Å². The third-order valence-electron chi connectivity index (χ3n) is 2.33. The zero-order chi connectivity index (χ0) is 11.7. The maximum absolute atomic E-state index is 10.7. The number of rotatable bonds is 2. The standard InChI is InChI=1S/C12H8O4.4H2O/c13-11(14)9-3-1-7-5-10(12(15)16)4-2-8(7)6-9;;;;/h1-6H,(H,13,14)(H,15,16);4*1H2. The normalized spacial score (nSPS) is 8.20. The summed E-state index contributed by atoms with van der Waals surface area (Å²) in [5.41, 5.74) is 0.381. The van der Waals surface area contributed by atoms with Crippen LogP contribution in [-0.2, 0) is 0 Å². The van der Waals surface area contributed by atoms with Crippen molar-refractivity contribution in [2.75, 3.05) is 0 Å². The Bertz CT molecular complexity index is 540. The number of carboxylic acids is 2. The fourth-order valence-corrected chi connectivity index (χ4v) is 1.51. The fourth-order valence-electron chi connectivity index (χ4n) is 1.51. The molecule has 0 aliphatic rings. The molecule has 0 radical (unpaired) electrons. The minimum atomic E-state index is -0.996. The van der Waals surface area contributed by atoms with Gasteiger partial charge in [-0.25, -0.2) is 9.59 Å². The van der Waals surface area contributed by atoms with E-state index in [4.69, 9.17) is 10.2 Å². The van der Waals surface area contributed by atoms with Crippen molar-refractivity contribution >= 4 is 22.7 Å². The van der Waals surface area contributed by atoms with Gasteiger partial charge in [0.15, 0.2) is 0 Å². The number of benzene rings is 2. The summed E-state index contributed by atoms with van der Waals surface area (Å²) in [6, 6.07) is 9.15. The molecule has 0 saturated carbocycles. The van der Waals surface area contributed by atoms with E-state index >= 15 is 0 Å². The lowest BCUT2D eigenvalue weighted by atomic mass is 10.0. The first-order chi connectivity index (χ1) is 7.58. The molecule has 8 nitrogen and oxygen atoms in total. The highest BCUT2D eigenvalue weighted by molar-refractivity contribution is 5.97. The van der Waals surface area contributed by atoms with Crippen LogP contribution in [0.4, 0.5) is 0 Å². The fraction of sp³-hybridized carbons (Fsp3) is 0. The molecule has 2 aromatic carbocycles. The maximum Gasteiger partial charge on any atom is 0.335 e. The van der Waals surface area contributed by atoms with Gasteiger partial charge < -0.3 is 32.1 Å². The van der Waals surface area contributed by atoms with Crippen LogP contribution in [0, 0.1) is 0 Å². The summed E-state index contributed by atoms with van der Waals surface area (Å²) in [6.07, 6.45) is 0. The molecule has 0 amide bonds. The molecule has 0 aliphatic heterocycles. The van der Waals surface area contributed by atoms with Crippen LogP contribution in [-0.4, -0.2) is 44.1 Å². The molecule has 0 bridgehead atoms. The van der Waals surface area contributed by atoms with Gasteiger partial charge in [-0.3, -0.25) is 0 Å². The van der Waals surface area contributed by atoms with E-state index in [2.05, 4.69) is 0 Å². The summed E-state index contributed by atoms with van der Waals surface area (Å²) in [7, 11) is 0. The summed E-state index contributed by atoms with van der Waals surface area (Å²) in [5.74, 6) is -1.99. The first-order valence-corrected chi connectivity index (χ1v) is 4.58. The number of carbonyl (C=O) groups is 2. The Kier molecular flexibility index (Phi) is 9.69. The molecule has 0 aliphatic carbocycles. The predicted octanol–water partition coefficient (Wildman–Crippen LogP) is -1.06. The topological polar surface area (TPSA) is 201 Å². The Morgan fingerprint density at radius 2 is 0.950 bits per heavy atom. The average molecular weight is 288 g/mol. The van der Waals surface area contributed by atoms with Gasteiger partial charge in [0.2, 0.25) is 0 Å². The van der Waals surface area contributed by atoms with Crippen molar-refractivity contribution in [1.29, 1.82) is 0 Å². The van der Waals surface area contributed by atoms with Crippen LogP contribution in [0.3, 0.4) is 0 Å². The largest absolute Gasteiger partial charge is 0.478 e. The molecule has 0 fully saturated rings. The molecule has 0 saturated heterocycles. The molecule has 10 N–H and O–H groups in total. The van der Waals surface area contributed by atoms with Gasteiger partial charge in [0.05, 0.1) is 11.1 Å². The van der Waals surface area contributed by atoms with Crippen molar-refractivity contribution < 1.29 is 41.7 Å². The van der Waals surface area contributed by atoms with Gasteiger partial charge in [-0.1, -0.05) is 12.1 Å². The van der Waals surface area contributed by atoms with Gasteiger partial charge in [-0.05, 0) is 35.0 Å². The SMILES string of the molecule is O.O.O.O.O=C(O)c1ccc2cc(C(=O)O)ccc2c1. The van der Waals surface area contributed by atoms with Crippen LogP contribution in [0.15, 0.2) is 36.4 Å². The first-order valence-electron chi connectivity index (χ1n) is 4.58. The van der Waals surface area contributed by atoms with E-state index in [0.717, 1.165) is 0 Å². The third-order valence-corrected chi connectivity index (χ3v) is 2.33. The molecule has 2 rings (SSSR count). The van der Waals surface area contributed by atoms with Gasteiger partial charge in [0.1, 0.15) is 0 Å². The maximum atomic E-state index is 10.7. The van der Waals surface area contributed by atoms with Crippen molar-refractivity contribution in [2.45, 2.75) is 0 Å². The Hall–Kier alpha value is -2.52. The second-order valence-corrected chi connectivity index (χ2v) is 3.39. The van der Waals surface area contributed by atoms with E-state index in [0.29, 0.717) is 10.8 Å². The van der Waals surface area contributed by atoms with Crippen molar-refractivity contribution in [3.8, 4) is 0 Å². The van der Waals surface area contributed by atoms with Crippen LogP contribution in [0.25, 0.3) is 10.8 Å². The first kappa shape index (κ1) is 22.6. The molecule has 2 aromatic rings. The van der Waals surface area contributed by atoms with E-state index in [1.165, 1.54) is 24.3 Å². The minimum absolute atomic E-state index is 0. The molecule has 0 spiro atoms. The summed E-state index contributed by atoms with van der Waals surface area (Å²) in [4.78, 5) is 21.5. The lowest BCUT2D eigenvalue weighted by molar-refractivity contribution is 0.0686. The number of hydrogen-bond acceptors (Lipinski definition) is 2. The molecule has 0 unspecified atom stereocenters. The number of aromatic carboxylic acids is 2. The summed E-state index contributed by atoms with van der Waals surface area (Å²) in [6.45, 7) is 0. The third kappa shape index (κ3) is 4.30. The summed E-state index contributed by atoms with van der Waals surface area (Å²) < 4.78 is 0. The number of carboxylic acid groups (broad SMARTS) is 2. The molecule has 0 heterocycles. The van der Waals surface area contributed by atoms with Crippen LogP contribution in [0.5, 0.6) is 0 Å². The van der Waals surface area contributed by atoms with E-state index in [9.17, 15) is 9.59 Å². The monoisotopic (exact) mass is 288 g/mol. The lowest BCUT2D eigenvalue weighted by Gasteiger charge is -2.01. The van der Waals surface area contributed by atoms with Gasteiger partial charge in [-0.2, -0.15) is 0 Å². The average Bonchev–Trinajstić information content (AvgIpc) is 2.27. The molecular weight excluding hydrogens is 272 g/mol. The highest BCUT2D eigenvalue weighted by atomic mass is 16.4. The van der Waals surface area contributed by atoms with Crippen molar-refractivity contribution in [2.24, 2.45) is 0 Å². The Morgan fingerprint density at radius 3 is 1.20 bits per heavy atom.